The number of nitrogens with one attached hydrogen (secondary N) is 2. The molecule has 1 heterocycles. The van der Waals surface area contributed by atoms with Crippen LogP contribution in [0.4, 0.5) is 10.1 Å². The van der Waals surface area contributed by atoms with E-state index in [1.165, 1.54) is 24.3 Å². The zero-order valence-corrected chi connectivity index (χ0v) is 13.3. The molecule has 1 amide bonds. The third-order valence-corrected chi connectivity index (χ3v) is 4.78. The molecular formula is C16H14FN3O3S. The molecular weight excluding hydrogens is 333 g/mol. The van der Waals surface area contributed by atoms with Crippen LogP contribution in [0.1, 0.15) is 12.0 Å². The highest BCUT2D eigenvalue weighted by atomic mass is 32.2. The Morgan fingerprint density at radius 1 is 1.17 bits per heavy atom. The number of fused-ring (bicyclic) bond motifs is 1. The van der Waals surface area contributed by atoms with Gasteiger partial charge in [0.25, 0.3) is 10.0 Å². The SMILES string of the molecule is O=C(CCN=C1NS(=O)(=O)c2ccccc21)Nc1cccc(F)c1. The number of rotatable bonds is 4. The van der Waals surface area contributed by atoms with Crippen molar-refractivity contribution in [1.29, 1.82) is 0 Å². The lowest BCUT2D eigenvalue weighted by Crippen LogP contribution is -2.23. The molecule has 0 fully saturated rings. The van der Waals surface area contributed by atoms with Gasteiger partial charge in [-0.1, -0.05) is 18.2 Å². The van der Waals surface area contributed by atoms with Crippen LogP contribution < -0.4 is 10.0 Å². The smallest absolute Gasteiger partial charge is 0.263 e. The molecule has 2 N–H and O–H groups in total. The van der Waals surface area contributed by atoms with Gasteiger partial charge < -0.3 is 5.32 Å². The van der Waals surface area contributed by atoms with E-state index in [4.69, 9.17) is 0 Å². The number of sulfonamides is 1. The van der Waals surface area contributed by atoms with Crippen LogP contribution in [0.3, 0.4) is 0 Å². The van der Waals surface area contributed by atoms with Gasteiger partial charge in [0.2, 0.25) is 5.91 Å². The molecule has 3 rings (SSSR count). The number of anilines is 1. The summed E-state index contributed by atoms with van der Waals surface area (Å²) in [4.78, 5) is 16.2. The van der Waals surface area contributed by atoms with E-state index < -0.39 is 15.8 Å². The first-order valence-electron chi connectivity index (χ1n) is 7.18. The van der Waals surface area contributed by atoms with E-state index in [1.54, 1.807) is 24.3 Å². The maximum absolute atomic E-state index is 13.0. The first-order chi connectivity index (χ1) is 11.5. The lowest BCUT2D eigenvalue weighted by molar-refractivity contribution is -0.116. The molecule has 6 nitrogen and oxygen atoms in total. The molecule has 0 spiro atoms. The summed E-state index contributed by atoms with van der Waals surface area (Å²) in [5.74, 6) is -0.548. The molecule has 0 aromatic heterocycles. The van der Waals surface area contributed by atoms with E-state index in [-0.39, 0.29) is 29.6 Å². The number of carbonyl (C=O) groups excluding carboxylic acids is 1. The highest BCUT2D eigenvalue weighted by Crippen LogP contribution is 2.22. The lowest BCUT2D eigenvalue weighted by Gasteiger charge is -2.04. The van der Waals surface area contributed by atoms with Gasteiger partial charge in [-0.2, -0.15) is 0 Å². The average molecular weight is 347 g/mol. The summed E-state index contributed by atoms with van der Waals surface area (Å²) in [7, 11) is -3.58. The van der Waals surface area contributed by atoms with E-state index in [0.717, 1.165) is 0 Å². The molecule has 8 heteroatoms. The fourth-order valence-electron chi connectivity index (χ4n) is 2.31. The van der Waals surface area contributed by atoms with Gasteiger partial charge in [-0.3, -0.25) is 14.5 Å². The summed E-state index contributed by atoms with van der Waals surface area (Å²) in [5.41, 5.74) is 0.850. The van der Waals surface area contributed by atoms with Crippen molar-refractivity contribution in [3.8, 4) is 0 Å². The largest absolute Gasteiger partial charge is 0.326 e. The van der Waals surface area contributed by atoms with E-state index in [1.807, 2.05) is 0 Å². The highest BCUT2D eigenvalue weighted by Gasteiger charge is 2.29. The molecule has 0 unspecified atom stereocenters. The van der Waals surface area contributed by atoms with Crippen molar-refractivity contribution < 1.29 is 17.6 Å². The Morgan fingerprint density at radius 2 is 1.96 bits per heavy atom. The number of nitrogens with zero attached hydrogens (tertiary/aromatic N) is 1. The Hall–Kier alpha value is -2.74. The van der Waals surface area contributed by atoms with Crippen LogP contribution in [-0.4, -0.2) is 26.7 Å². The van der Waals surface area contributed by atoms with Crippen LogP contribution >= 0.6 is 0 Å². The van der Waals surface area contributed by atoms with Crippen molar-refractivity contribution in [1.82, 2.24) is 4.72 Å². The number of hydrogen-bond donors (Lipinski definition) is 2. The predicted molar refractivity (Wildman–Crippen MR) is 87.8 cm³/mol. The van der Waals surface area contributed by atoms with Crippen molar-refractivity contribution in [3.63, 3.8) is 0 Å². The van der Waals surface area contributed by atoms with E-state index in [9.17, 15) is 17.6 Å². The zero-order valence-electron chi connectivity index (χ0n) is 12.5. The third-order valence-electron chi connectivity index (χ3n) is 3.38. The van der Waals surface area contributed by atoms with Crippen LogP contribution in [0.25, 0.3) is 0 Å². The molecule has 0 aliphatic carbocycles. The summed E-state index contributed by atoms with van der Waals surface area (Å²) in [6.07, 6.45) is 0.0455. The molecule has 2 aromatic rings. The van der Waals surface area contributed by atoms with Gasteiger partial charge >= 0.3 is 0 Å². The summed E-state index contributed by atoms with van der Waals surface area (Å²) in [5, 5.41) is 2.56. The summed E-state index contributed by atoms with van der Waals surface area (Å²) < 4.78 is 39.3. The van der Waals surface area contributed by atoms with Crippen molar-refractivity contribution in [2.75, 3.05) is 11.9 Å². The fourth-order valence-corrected chi connectivity index (χ4v) is 3.56. The number of benzene rings is 2. The van der Waals surface area contributed by atoms with Crippen LogP contribution in [0.5, 0.6) is 0 Å². The number of halogens is 1. The highest BCUT2D eigenvalue weighted by molar-refractivity contribution is 7.90. The second kappa shape index (κ2) is 6.40. The number of hydrogen-bond acceptors (Lipinski definition) is 4. The van der Waals surface area contributed by atoms with Crippen LogP contribution in [0, 0.1) is 5.82 Å². The van der Waals surface area contributed by atoms with Crippen molar-refractivity contribution in [2.24, 2.45) is 4.99 Å². The minimum absolute atomic E-state index is 0.0455. The van der Waals surface area contributed by atoms with Crippen molar-refractivity contribution >= 4 is 27.5 Å². The van der Waals surface area contributed by atoms with Crippen LogP contribution in [-0.2, 0) is 14.8 Å². The van der Waals surface area contributed by atoms with Crippen molar-refractivity contribution in [2.45, 2.75) is 11.3 Å². The minimum atomic E-state index is -3.58. The minimum Gasteiger partial charge on any atom is -0.326 e. The van der Waals surface area contributed by atoms with Gasteiger partial charge in [-0.05, 0) is 30.3 Å². The van der Waals surface area contributed by atoms with E-state index >= 15 is 0 Å². The second-order valence-electron chi connectivity index (χ2n) is 5.14. The second-order valence-corrected chi connectivity index (χ2v) is 6.79. The Morgan fingerprint density at radius 3 is 2.75 bits per heavy atom. The molecule has 0 bridgehead atoms. The van der Waals surface area contributed by atoms with Gasteiger partial charge in [0.05, 0.1) is 11.4 Å². The standard InChI is InChI=1S/C16H14FN3O3S/c17-11-4-3-5-12(10-11)19-15(21)8-9-18-16-13-6-1-2-7-14(13)24(22,23)20-16/h1-7,10H,8-9H2,(H,18,20)(H,19,21). The quantitative estimate of drug-likeness (QED) is 0.885. The molecule has 0 saturated heterocycles. The molecule has 0 atom stereocenters. The molecule has 1 aliphatic rings. The Kier molecular flexibility index (Phi) is 4.30. The summed E-state index contributed by atoms with van der Waals surface area (Å²) in [6, 6.07) is 12.1. The fraction of sp³-hybridized carbons (Fsp3) is 0.125. The van der Waals surface area contributed by atoms with Gasteiger partial charge in [-0.25, -0.2) is 12.8 Å². The normalized spacial score (nSPS) is 16.5. The molecule has 0 saturated carbocycles. The third kappa shape index (κ3) is 3.43. The maximum atomic E-state index is 13.0. The van der Waals surface area contributed by atoms with Crippen LogP contribution in [0.15, 0.2) is 58.4 Å². The first kappa shape index (κ1) is 16.1. The average Bonchev–Trinajstić information content (AvgIpc) is 2.79. The topological polar surface area (TPSA) is 87.6 Å². The first-order valence-corrected chi connectivity index (χ1v) is 8.66. The number of aliphatic imine (C=N–C) groups is 1. The van der Waals surface area contributed by atoms with Gasteiger partial charge in [0.1, 0.15) is 11.7 Å². The lowest BCUT2D eigenvalue weighted by atomic mass is 10.2. The molecule has 0 radical (unpaired) electrons. The Labute approximate surface area is 138 Å². The number of carbonyl (C=O) groups is 1. The number of amidine groups is 1. The van der Waals surface area contributed by atoms with Crippen molar-refractivity contribution in [3.05, 3.63) is 59.9 Å². The Bertz CT molecular complexity index is 926. The molecule has 124 valence electrons. The maximum Gasteiger partial charge on any atom is 0.263 e. The van der Waals surface area contributed by atoms with E-state index in [2.05, 4.69) is 15.0 Å². The van der Waals surface area contributed by atoms with Gasteiger partial charge in [0.15, 0.2) is 0 Å². The van der Waals surface area contributed by atoms with Gasteiger partial charge in [-0.15, -0.1) is 0 Å². The predicted octanol–water partition coefficient (Wildman–Crippen LogP) is 1.89. The Balaban J connectivity index is 1.64. The van der Waals surface area contributed by atoms with E-state index in [0.29, 0.717) is 11.3 Å². The van der Waals surface area contributed by atoms with Gasteiger partial charge in [0, 0.05) is 17.7 Å². The summed E-state index contributed by atoms with van der Waals surface area (Å²) in [6.45, 7) is 0.105. The molecule has 1 aliphatic heterocycles. The zero-order chi connectivity index (χ0) is 17.2. The van der Waals surface area contributed by atoms with Crippen LogP contribution in [0.2, 0.25) is 0 Å². The monoisotopic (exact) mass is 347 g/mol. The molecule has 2 aromatic carbocycles. The summed E-state index contributed by atoms with van der Waals surface area (Å²) >= 11 is 0. The molecule has 24 heavy (non-hydrogen) atoms. The number of amides is 1.